The third kappa shape index (κ3) is 3.33. The van der Waals surface area contributed by atoms with E-state index in [4.69, 9.17) is 5.26 Å². The molecule has 0 radical (unpaired) electrons. The SMILES string of the molecule is N#CSCSSC1CSC1. The zero-order valence-corrected chi connectivity index (χ0v) is 8.54. The highest BCUT2D eigenvalue weighted by Crippen LogP contribution is 2.38. The molecule has 0 saturated carbocycles. The van der Waals surface area contributed by atoms with E-state index in [1.165, 1.54) is 23.3 Å². The molecule has 56 valence electrons. The van der Waals surface area contributed by atoms with Gasteiger partial charge in [0.05, 0.1) is 5.08 Å². The minimum atomic E-state index is 0.856. The number of thiocyanates is 1. The van der Waals surface area contributed by atoms with Gasteiger partial charge in [-0.2, -0.15) is 17.0 Å². The smallest absolute Gasteiger partial charge is 0.134 e. The van der Waals surface area contributed by atoms with E-state index >= 15 is 0 Å². The summed E-state index contributed by atoms with van der Waals surface area (Å²) in [5, 5.41) is 12.0. The quantitative estimate of drug-likeness (QED) is 0.307. The van der Waals surface area contributed by atoms with Gasteiger partial charge in [0.1, 0.15) is 5.40 Å². The summed E-state index contributed by atoms with van der Waals surface area (Å²) in [6, 6.07) is 0. The van der Waals surface area contributed by atoms with E-state index in [2.05, 4.69) is 5.40 Å². The zero-order chi connectivity index (χ0) is 7.23. The van der Waals surface area contributed by atoms with Gasteiger partial charge in [0.15, 0.2) is 0 Å². The van der Waals surface area contributed by atoms with Crippen LogP contribution < -0.4 is 0 Å². The zero-order valence-electron chi connectivity index (χ0n) is 5.28. The third-order valence-electron chi connectivity index (χ3n) is 0.983. The van der Waals surface area contributed by atoms with Gasteiger partial charge in [0.2, 0.25) is 0 Å². The molecule has 10 heavy (non-hydrogen) atoms. The second-order valence-electron chi connectivity index (χ2n) is 1.73. The minimum Gasteiger partial charge on any atom is -0.185 e. The van der Waals surface area contributed by atoms with Crippen molar-refractivity contribution in [2.75, 3.05) is 16.6 Å². The molecule has 1 rings (SSSR count). The van der Waals surface area contributed by atoms with E-state index in [-0.39, 0.29) is 0 Å². The molecule has 0 aromatic rings. The van der Waals surface area contributed by atoms with Gasteiger partial charge in [0.25, 0.3) is 0 Å². The fourth-order valence-corrected chi connectivity index (χ4v) is 5.22. The maximum Gasteiger partial charge on any atom is 0.134 e. The van der Waals surface area contributed by atoms with Gasteiger partial charge in [-0.1, -0.05) is 21.6 Å². The third-order valence-corrected chi connectivity index (χ3v) is 6.50. The molecule has 0 bridgehead atoms. The maximum atomic E-state index is 8.19. The van der Waals surface area contributed by atoms with Gasteiger partial charge in [-0.3, -0.25) is 0 Å². The van der Waals surface area contributed by atoms with Crippen molar-refractivity contribution in [3.63, 3.8) is 0 Å². The van der Waals surface area contributed by atoms with Crippen LogP contribution in [0.25, 0.3) is 0 Å². The second-order valence-corrected chi connectivity index (χ2v) is 6.60. The molecular formula is C5H7NS4. The summed E-state index contributed by atoms with van der Waals surface area (Å²) in [6.07, 6.45) is 0. The van der Waals surface area contributed by atoms with Crippen LogP contribution in [0.1, 0.15) is 0 Å². The molecule has 0 aromatic carbocycles. The van der Waals surface area contributed by atoms with Crippen LogP contribution in [0.3, 0.4) is 0 Å². The van der Waals surface area contributed by atoms with Crippen LogP contribution in [0, 0.1) is 10.7 Å². The fourth-order valence-electron chi connectivity index (χ4n) is 0.444. The number of rotatable bonds is 4. The van der Waals surface area contributed by atoms with Crippen molar-refractivity contribution in [1.29, 1.82) is 5.26 Å². The Hall–Kier alpha value is 0.890. The molecule has 1 saturated heterocycles. The van der Waals surface area contributed by atoms with E-state index in [0.29, 0.717) is 0 Å². The predicted molar refractivity (Wildman–Crippen MR) is 54.4 cm³/mol. The molecule has 1 aliphatic rings. The molecule has 0 spiro atoms. The van der Waals surface area contributed by atoms with E-state index in [1.54, 1.807) is 10.8 Å². The molecule has 1 aliphatic heterocycles. The summed E-state index contributed by atoms with van der Waals surface area (Å²) < 4.78 is 0. The van der Waals surface area contributed by atoms with Crippen LogP contribution in [0.5, 0.6) is 0 Å². The van der Waals surface area contributed by atoms with Crippen LogP contribution in [0.2, 0.25) is 0 Å². The maximum absolute atomic E-state index is 8.19. The Morgan fingerprint density at radius 3 is 2.90 bits per heavy atom. The molecular weight excluding hydrogens is 202 g/mol. The molecule has 5 heteroatoms. The predicted octanol–water partition coefficient (Wildman–Crippen LogP) is 2.65. The van der Waals surface area contributed by atoms with Gasteiger partial charge < -0.3 is 0 Å². The van der Waals surface area contributed by atoms with Crippen LogP contribution in [0.15, 0.2) is 0 Å². The van der Waals surface area contributed by atoms with Crippen LogP contribution in [-0.2, 0) is 0 Å². The fraction of sp³-hybridized carbons (Fsp3) is 0.800. The molecule has 0 atom stereocenters. The molecule has 1 heterocycles. The standard InChI is InChI=1S/C5H7NS4/c6-3-8-4-9-10-5-1-7-2-5/h5H,1-2,4H2. The van der Waals surface area contributed by atoms with Crippen molar-refractivity contribution < 1.29 is 0 Å². The summed E-state index contributed by atoms with van der Waals surface area (Å²) in [7, 11) is 3.73. The second kappa shape index (κ2) is 5.53. The summed E-state index contributed by atoms with van der Waals surface area (Å²) in [5.41, 5.74) is 0. The first kappa shape index (κ1) is 8.98. The largest absolute Gasteiger partial charge is 0.185 e. The first-order valence-corrected chi connectivity index (χ1v) is 7.32. The number of hydrogen-bond acceptors (Lipinski definition) is 5. The lowest BCUT2D eigenvalue weighted by atomic mass is 10.5. The summed E-state index contributed by atoms with van der Waals surface area (Å²) in [6.45, 7) is 0. The molecule has 0 aliphatic carbocycles. The van der Waals surface area contributed by atoms with Gasteiger partial charge in [-0.05, 0) is 11.8 Å². The van der Waals surface area contributed by atoms with E-state index < -0.39 is 0 Å². The minimum absolute atomic E-state index is 0.856. The van der Waals surface area contributed by atoms with Crippen molar-refractivity contribution in [2.24, 2.45) is 0 Å². The lowest BCUT2D eigenvalue weighted by molar-refractivity contribution is 1.09. The number of nitrogens with zero attached hydrogens (tertiary/aromatic N) is 1. The van der Waals surface area contributed by atoms with E-state index in [0.717, 1.165) is 10.3 Å². The molecule has 0 N–H and O–H groups in total. The van der Waals surface area contributed by atoms with Gasteiger partial charge in [-0.25, -0.2) is 0 Å². The monoisotopic (exact) mass is 209 g/mol. The highest BCUT2D eigenvalue weighted by molar-refractivity contribution is 8.78. The Labute approximate surface area is 77.5 Å². The van der Waals surface area contributed by atoms with Crippen molar-refractivity contribution in [3.05, 3.63) is 0 Å². The first-order valence-electron chi connectivity index (χ1n) is 2.80. The lowest BCUT2D eigenvalue weighted by Crippen LogP contribution is -2.19. The highest BCUT2D eigenvalue weighted by atomic mass is 33.1. The molecule has 1 fully saturated rings. The number of hydrogen-bond donors (Lipinski definition) is 0. The Morgan fingerprint density at radius 1 is 1.60 bits per heavy atom. The van der Waals surface area contributed by atoms with Crippen molar-refractivity contribution in [3.8, 4) is 5.40 Å². The highest BCUT2D eigenvalue weighted by Gasteiger charge is 2.18. The first-order chi connectivity index (χ1) is 4.93. The Bertz CT molecular complexity index is 128. The molecule has 0 aromatic heterocycles. The average molecular weight is 209 g/mol. The van der Waals surface area contributed by atoms with Crippen molar-refractivity contribution >= 4 is 45.1 Å². The topological polar surface area (TPSA) is 23.8 Å². The average Bonchev–Trinajstić information content (AvgIpc) is 1.84. The van der Waals surface area contributed by atoms with E-state index in [1.807, 2.05) is 22.6 Å². The van der Waals surface area contributed by atoms with Crippen molar-refractivity contribution in [1.82, 2.24) is 0 Å². The van der Waals surface area contributed by atoms with Gasteiger partial charge in [0, 0.05) is 16.8 Å². The summed E-state index contributed by atoms with van der Waals surface area (Å²) in [4.78, 5) is 0. The van der Waals surface area contributed by atoms with E-state index in [9.17, 15) is 0 Å². The Morgan fingerprint density at radius 2 is 2.40 bits per heavy atom. The summed E-state index contributed by atoms with van der Waals surface area (Å²) >= 11 is 3.33. The molecule has 0 unspecified atom stereocenters. The van der Waals surface area contributed by atoms with Gasteiger partial charge in [-0.15, -0.1) is 0 Å². The van der Waals surface area contributed by atoms with Crippen LogP contribution in [-0.4, -0.2) is 21.8 Å². The Kier molecular flexibility index (Phi) is 4.97. The molecule has 1 nitrogen and oxygen atoms in total. The number of nitriles is 1. The van der Waals surface area contributed by atoms with Crippen molar-refractivity contribution in [2.45, 2.75) is 5.25 Å². The lowest BCUT2D eigenvalue weighted by Gasteiger charge is -2.22. The Balaban J connectivity index is 1.81. The summed E-state index contributed by atoms with van der Waals surface area (Å²) in [5.74, 6) is 2.60. The normalized spacial score (nSPS) is 17.9. The van der Waals surface area contributed by atoms with Crippen LogP contribution >= 0.6 is 45.1 Å². The van der Waals surface area contributed by atoms with Gasteiger partial charge >= 0.3 is 0 Å². The molecule has 0 amide bonds. The number of thioether (sulfide) groups is 2. The van der Waals surface area contributed by atoms with Crippen LogP contribution in [0.4, 0.5) is 0 Å².